The smallest absolute Gasteiger partial charge is 0.00844 e. The SMILES string of the molecule is CC1=C(/C=C/C(C)=C/C=C/C(C)=C/C=C/C=C(C)/C=C/C=C(C)/C=C/C2=C(C)C[C@@H](N)CC2(C)C)C(C)(C)CCC1. The minimum absolute atomic E-state index is 0.138. The van der Waals surface area contributed by atoms with Gasteiger partial charge in [-0.05, 0) is 95.6 Å². The number of hydrogen-bond donors (Lipinski definition) is 1. The highest BCUT2D eigenvalue weighted by molar-refractivity contribution is 5.39. The van der Waals surface area contributed by atoms with Crippen LogP contribution < -0.4 is 5.73 Å². The monoisotopic (exact) mass is 551 g/mol. The van der Waals surface area contributed by atoms with Gasteiger partial charge in [0, 0.05) is 6.04 Å². The highest BCUT2D eigenvalue weighted by Gasteiger charge is 2.30. The van der Waals surface area contributed by atoms with Crippen LogP contribution in [-0.4, -0.2) is 6.04 Å². The minimum Gasteiger partial charge on any atom is -0.327 e. The summed E-state index contributed by atoms with van der Waals surface area (Å²) in [6.07, 6.45) is 36.4. The molecule has 222 valence electrons. The Bertz CT molecular complexity index is 1250. The fraction of sp³-hybridized carbons (Fsp3) is 0.450. The van der Waals surface area contributed by atoms with E-state index in [1.807, 2.05) is 0 Å². The highest BCUT2D eigenvalue weighted by atomic mass is 14.6. The second-order valence-corrected chi connectivity index (χ2v) is 13.6. The van der Waals surface area contributed by atoms with Crippen LogP contribution in [-0.2, 0) is 0 Å². The molecule has 0 aromatic carbocycles. The van der Waals surface area contributed by atoms with Gasteiger partial charge in [0.15, 0.2) is 0 Å². The normalized spacial score (nSPS) is 23.5. The van der Waals surface area contributed by atoms with E-state index in [0.29, 0.717) is 0 Å². The molecule has 0 bridgehead atoms. The molecule has 0 fully saturated rings. The van der Waals surface area contributed by atoms with Crippen molar-refractivity contribution in [1.82, 2.24) is 0 Å². The third-order valence-electron chi connectivity index (χ3n) is 8.36. The largest absolute Gasteiger partial charge is 0.327 e. The van der Waals surface area contributed by atoms with Crippen molar-refractivity contribution >= 4 is 0 Å². The summed E-state index contributed by atoms with van der Waals surface area (Å²) >= 11 is 0. The Balaban J connectivity index is 1.90. The summed E-state index contributed by atoms with van der Waals surface area (Å²) < 4.78 is 0. The third-order valence-corrected chi connectivity index (χ3v) is 8.36. The quantitative estimate of drug-likeness (QED) is 0.268. The van der Waals surface area contributed by atoms with Crippen molar-refractivity contribution in [1.29, 1.82) is 0 Å². The van der Waals surface area contributed by atoms with Crippen molar-refractivity contribution in [2.45, 2.75) is 107 Å². The van der Waals surface area contributed by atoms with Gasteiger partial charge < -0.3 is 5.73 Å². The Hall–Kier alpha value is -2.90. The second kappa shape index (κ2) is 15.9. The fourth-order valence-electron chi connectivity index (χ4n) is 6.07. The molecule has 0 radical (unpaired) electrons. The molecule has 1 heteroatoms. The maximum atomic E-state index is 6.24. The van der Waals surface area contributed by atoms with E-state index in [-0.39, 0.29) is 16.9 Å². The summed E-state index contributed by atoms with van der Waals surface area (Å²) in [5.41, 5.74) is 17.5. The van der Waals surface area contributed by atoms with Crippen LogP contribution in [0.15, 0.2) is 130 Å². The fourth-order valence-corrected chi connectivity index (χ4v) is 6.07. The van der Waals surface area contributed by atoms with Crippen molar-refractivity contribution in [2.75, 3.05) is 0 Å². The lowest BCUT2D eigenvalue weighted by Gasteiger charge is -2.36. The number of rotatable bonds is 10. The van der Waals surface area contributed by atoms with Crippen molar-refractivity contribution in [3.8, 4) is 0 Å². The van der Waals surface area contributed by atoms with Gasteiger partial charge in [-0.2, -0.15) is 0 Å². The Morgan fingerprint density at radius 1 is 0.634 bits per heavy atom. The first-order valence-corrected chi connectivity index (χ1v) is 15.5. The molecule has 0 heterocycles. The van der Waals surface area contributed by atoms with Gasteiger partial charge in [-0.3, -0.25) is 0 Å². The summed E-state index contributed by atoms with van der Waals surface area (Å²) in [5, 5.41) is 0. The van der Waals surface area contributed by atoms with Gasteiger partial charge in [-0.25, -0.2) is 0 Å². The minimum atomic E-state index is 0.138. The summed E-state index contributed by atoms with van der Waals surface area (Å²) in [5.74, 6) is 0. The number of hydrogen-bond acceptors (Lipinski definition) is 1. The maximum Gasteiger partial charge on any atom is 0.00844 e. The lowest BCUT2D eigenvalue weighted by atomic mass is 9.71. The molecular formula is C40H57N. The first-order chi connectivity index (χ1) is 19.2. The summed E-state index contributed by atoms with van der Waals surface area (Å²) in [6.45, 7) is 22.5. The molecule has 0 spiro atoms. The third kappa shape index (κ3) is 11.9. The topological polar surface area (TPSA) is 26.0 Å². The molecule has 0 saturated heterocycles. The molecule has 1 atom stereocenters. The van der Waals surface area contributed by atoms with E-state index in [1.54, 1.807) is 5.57 Å². The van der Waals surface area contributed by atoms with Gasteiger partial charge in [-0.1, -0.05) is 146 Å². The zero-order valence-electron chi connectivity index (χ0n) is 27.8. The Morgan fingerprint density at radius 3 is 1.54 bits per heavy atom. The first kappa shape index (κ1) is 34.3. The molecule has 0 amide bonds. The lowest BCUT2D eigenvalue weighted by Crippen LogP contribution is -2.33. The number of nitrogens with two attached hydrogens (primary N) is 1. The molecule has 2 aliphatic rings. The van der Waals surface area contributed by atoms with Gasteiger partial charge in [0.05, 0.1) is 0 Å². The van der Waals surface area contributed by atoms with Gasteiger partial charge >= 0.3 is 0 Å². The van der Waals surface area contributed by atoms with Crippen LogP contribution in [0.2, 0.25) is 0 Å². The van der Waals surface area contributed by atoms with E-state index in [1.165, 1.54) is 58.3 Å². The predicted octanol–water partition coefficient (Wildman–Crippen LogP) is 11.5. The standard InChI is InChI=1S/C40H57N/c1-30(18-13-20-32(3)23-25-37-34(5)22-15-27-39(37,7)8)16-11-12-17-31(2)19-14-21-33(4)24-26-38-35(6)28-36(41)29-40(38,9)10/h11-14,16-21,23-26,36H,15,22,27-29,41H2,1-10H3/b12-11+,18-13+,19-14+,25-23+,26-24+,30-16+,31-17+,32-20+,33-21+/t36-/m1/s1. The molecule has 2 rings (SSSR count). The van der Waals surface area contributed by atoms with Crippen molar-refractivity contribution in [2.24, 2.45) is 16.6 Å². The molecular weight excluding hydrogens is 494 g/mol. The average Bonchev–Trinajstić information content (AvgIpc) is 2.84. The van der Waals surface area contributed by atoms with Gasteiger partial charge in [0.1, 0.15) is 0 Å². The molecule has 41 heavy (non-hydrogen) atoms. The Labute approximate surface area is 253 Å². The van der Waals surface area contributed by atoms with E-state index >= 15 is 0 Å². The van der Waals surface area contributed by atoms with Crippen LogP contribution in [0.5, 0.6) is 0 Å². The Morgan fingerprint density at radius 2 is 1.07 bits per heavy atom. The zero-order chi connectivity index (χ0) is 30.6. The van der Waals surface area contributed by atoms with Crippen LogP contribution in [0.4, 0.5) is 0 Å². The average molecular weight is 552 g/mol. The Kier molecular flexibility index (Phi) is 13.3. The molecule has 0 aromatic rings. The molecule has 0 saturated carbocycles. The molecule has 1 nitrogen and oxygen atoms in total. The molecule has 2 aliphatic carbocycles. The van der Waals surface area contributed by atoms with E-state index in [4.69, 9.17) is 5.73 Å². The maximum absolute atomic E-state index is 6.24. The van der Waals surface area contributed by atoms with Crippen LogP contribution >= 0.6 is 0 Å². The lowest BCUT2D eigenvalue weighted by molar-refractivity contribution is 0.344. The van der Waals surface area contributed by atoms with E-state index in [2.05, 4.69) is 154 Å². The van der Waals surface area contributed by atoms with Crippen molar-refractivity contribution in [3.63, 3.8) is 0 Å². The number of allylic oxidation sites excluding steroid dienone is 21. The van der Waals surface area contributed by atoms with Gasteiger partial charge in [-0.15, -0.1) is 0 Å². The van der Waals surface area contributed by atoms with Crippen LogP contribution in [0, 0.1) is 10.8 Å². The highest BCUT2D eigenvalue weighted by Crippen LogP contribution is 2.41. The summed E-state index contributed by atoms with van der Waals surface area (Å²) in [4.78, 5) is 0. The van der Waals surface area contributed by atoms with Crippen LogP contribution in [0.3, 0.4) is 0 Å². The predicted molar refractivity (Wildman–Crippen MR) is 185 cm³/mol. The summed E-state index contributed by atoms with van der Waals surface area (Å²) in [7, 11) is 0. The van der Waals surface area contributed by atoms with E-state index < -0.39 is 0 Å². The molecule has 0 aliphatic heterocycles. The zero-order valence-corrected chi connectivity index (χ0v) is 27.8. The summed E-state index contributed by atoms with van der Waals surface area (Å²) in [6, 6.07) is 0.280. The molecule has 2 N–H and O–H groups in total. The van der Waals surface area contributed by atoms with Crippen LogP contribution in [0.1, 0.15) is 101 Å². The first-order valence-electron chi connectivity index (χ1n) is 15.5. The van der Waals surface area contributed by atoms with Crippen molar-refractivity contribution < 1.29 is 0 Å². The van der Waals surface area contributed by atoms with Crippen molar-refractivity contribution in [3.05, 3.63) is 130 Å². The van der Waals surface area contributed by atoms with Gasteiger partial charge in [0.25, 0.3) is 0 Å². The van der Waals surface area contributed by atoms with Gasteiger partial charge in [0.2, 0.25) is 0 Å². The molecule has 0 unspecified atom stereocenters. The van der Waals surface area contributed by atoms with E-state index in [9.17, 15) is 0 Å². The second-order valence-electron chi connectivity index (χ2n) is 13.6. The van der Waals surface area contributed by atoms with E-state index in [0.717, 1.165) is 12.8 Å². The van der Waals surface area contributed by atoms with Crippen LogP contribution in [0.25, 0.3) is 0 Å². The molecule has 0 aromatic heterocycles.